The van der Waals surface area contributed by atoms with Gasteiger partial charge in [0.1, 0.15) is 5.82 Å². The van der Waals surface area contributed by atoms with E-state index in [0.717, 1.165) is 17.1 Å². The Morgan fingerprint density at radius 3 is 2.78 bits per heavy atom. The Hall–Kier alpha value is -2.19. The van der Waals surface area contributed by atoms with Gasteiger partial charge in [0.05, 0.1) is 23.0 Å². The van der Waals surface area contributed by atoms with Crippen LogP contribution in [0, 0.1) is 17.8 Å². The van der Waals surface area contributed by atoms with E-state index in [1.54, 1.807) is 24.8 Å². The number of thiocarbonyl (C=S) groups is 1. The highest BCUT2D eigenvalue weighted by atomic mass is 32.1. The van der Waals surface area contributed by atoms with E-state index < -0.39 is 0 Å². The maximum atomic E-state index is 8.71. The van der Waals surface area contributed by atoms with E-state index in [9.17, 15) is 0 Å². The zero-order valence-corrected chi connectivity index (χ0v) is 10.4. The van der Waals surface area contributed by atoms with Crippen LogP contribution < -0.4 is 5.73 Å². The summed E-state index contributed by atoms with van der Waals surface area (Å²) in [6.07, 6.45) is 4.03. The number of nitrogens with zero attached hydrogens (tertiary/aromatic N) is 2. The molecule has 0 fully saturated rings. The van der Waals surface area contributed by atoms with Crippen molar-refractivity contribution in [2.45, 2.75) is 6.42 Å². The molecule has 0 amide bonds. The van der Waals surface area contributed by atoms with Crippen LogP contribution in [0.5, 0.6) is 0 Å². The largest absolute Gasteiger partial charge is 0.393 e. The van der Waals surface area contributed by atoms with Gasteiger partial charge in [-0.3, -0.25) is 0 Å². The third kappa shape index (κ3) is 3.15. The standard InChI is InChI=1S/C13H11N4S/c14-7-10-3-1-9(2-4-10)5-13-16-8-11(17-13)6-12(15)18/h1-4,6,8H,5H2,(H2,15,18)(H,16,17). The molecular formula is C13H11N4S. The van der Waals surface area contributed by atoms with Gasteiger partial charge >= 0.3 is 0 Å². The molecule has 0 atom stereocenters. The lowest BCUT2D eigenvalue weighted by molar-refractivity contribution is 1.02. The first-order valence-electron chi connectivity index (χ1n) is 5.34. The fourth-order valence-electron chi connectivity index (χ4n) is 1.59. The number of nitrogens with one attached hydrogen (secondary N) is 1. The van der Waals surface area contributed by atoms with Crippen molar-refractivity contribution in [1.82, 2.24) is 9.97 Å². The first-order chi connectivity index (χ1) is 8.67. The molecule has 0 aliphatic rings. The molecule has 3 N–H and O–H groups in total. The number of nitrogens with two attached hydrogens (primary N) is 1. The van der Waals surface area contributed by atoms with Gasteiger partial charge < -0.3 is 10.7 Å². The maximum absolute atomic E-state index is 8.71. The molecule has 0 aliphatic heterocycles. The smallest absolute Gasteiger partial charge is 0.110 e. The van der Waals surface area contributed by atoms with Crippen LogP contribution >= 0.6 is 12.2 Å². The van der Waals surface area contributed by atoms with Crippen LogP contribution in [0.25, 0.3) is 0 Å². The number of aromatic nitrogens is 2. The van der Waals surface area contributed by atoms with Crippen molar-refractivity contribution in [3.63, 3.8) is 0 Å². The van der Waals surface area contributed by atoms with Crippen LogP contribution in [0.1, 0.15) is 22.6 Å². The molecule has 1 aromatic carbocycles. The predicted molar refractivity (Wildman–Crippen MR) is 72.7 cm³/mol. The summed E-state index contributed by atoms with van der Waals surface area (Å²) in [6, 6.07) is 9.50. The van der Waals surface area contributed by atoms with Gasteiger partial charge in [0.2, 0.25) is 0 Å². The average molecular weight is 255 g/mol. The number of imidazole rings is 1. The van der Waals surface area contributed by atoms with Crippen molar-refractivity contribution in [2.75, 3.05) is 0 Å². The highest BCUT2D eigenvalue weighted by molar-refractivity contribution is 7.80. The van der Waals surface area contributed by atoms with Crippen LogP contribution in [-0.2, 0) is 6.42 Å². The van der Waals surface area contributed by atoms with Gasteiger partial charge in [-0.15, -0.1) is 0 Å². The summed E-state index contributed by atoms with van der Waals surface area (Å²) in [6.45, 7) is 0. The molecule has 89 valence electrons. The summed E-state index contributed by atoms with van der Waals surface area (Å²) >= 11 is 4.79. The highest BCUT2D eigenvalue weighted by Gasteiger charge is 2.03. The van der Waals surface area contributed by atoms with Crippen LogP contribution in [0.15, 0.2) is 30.5 Å². The molecule has 0 aliphatic carbocycles. The third-order valence-electron chi connectivity index (χ3n) is 2.40. The maximum Gasteiger partial charge on any atom is 0.110 e. The Kier molecular flexibility index (Phi) is 3.70. The Morgan fingerprint density at radius 1 is 1.44 bits per heavy atom. The second kappa shape index (κ2) is 5.43. The zero-order chi connectivity index (χ0) is 13.0. The summed E-state index contributed by atoms with van der Waals surface area (Å²) in [5, 5.41) is 8.71. The van der Waals surface area contributed by atoms with Crippen molar-refractivity contribution >= 4 is 17.2 Å². The van der Waals surface area contributed by atoms with Gasteiger partial charge in [-0.25, -0.2) is 4.98 Å². The predicted octanol–water partition coefficient (Wildman–Crippen LogP) is 1.71. The topological polar surface area (TPSA) is 78.5 Å². The van der Waals surface area contributed by atoms with E-state index in [1.165, 1.54) is 0 Å². The van der Waals surface area contributed by atoms with Gasteiger partial charge in [-0.2, -0.15) is 5.26 Å². The highest BCUT2D eigenvalue weighted by Crippen LogP contribution is 2.09. The van der Waals surface area contributed by atoms with E-state index >= 15 is 0 Å². The number of nitriles is 1. The molecule has 0 saturated carbocycles. The molecule has 0 bridgehead atoms. The van der Waals surface area contributed by atoms with E-state index in [4.69, 9.17) is 23.2 Å². The summed E-state index contributed by atoms with van der Waals surface area (Å²) < 4.78 is 0. The number of aromatic amines is 1. The van der Waals surface area contributed by atoms with E-state index in [-0.39, 0.29) is 0 Å². The van der Waals surface area contributed by atoms with Crippen LogP contribution in [0.4, 0.5) is 0 Å². The lowest BCUT2D eigenvalue weighted by Crippen LogP contribution is -2.08. The van der Waals surface area contributed by atoms with Gasteiger partial charge in [0.25, 0.3) is 0 Å². The van der Waals surface area contributed by atoms with E-state index in [1.807, 2.05) is 12.1 Å². The number of hydrogen-bond acceptors (Lipinski definition) is 3. The minimum absolute atomic E-state index is 0.323. The zero-order valence-electron chi connectivity index (χ0n) is 9.55. The Balaban J connectivity index is 2.06. The number of rotatable bonds is 4. The van der Waals surface area contributed by atoms with Crippen molar-refractivity contribution < 1.29 is 0 Å². The molecule has 1 aromatic heterocycles. The molecular weight excluding hydrogens is 244 g/mol. The van der Waals surface area contributed by atoms with Crippen molar-refractivity contribution in [2.24, 2.45) is 5.73 Å². The van der Waals surface area contributed by atoms with E-state index in [2.05, 4.69) is 16.0 Å². The second-order valence-corrected chi connectivity index (χ2v) is 4.29. The molecule has 0 unspecified atom stereocenters. The summed E-state index contributed by atoms with van der Waals surface area (Å²) in [5.41, 5.74) is 7.95. The SMILES string of the molecule is N#Cc1ccc(Cc2ncc([CH]C(N)=S)[nH]2)cc1. The summed E-state index contributed by atoms with van der Waals surface area (Å²) in [4.78, 5) is 7.69. The van der Waals surface area contributed by atoms with E-state index in [0.29, 0.717) is 17.0 Å². The molecule has 18 heavy (non-hydrogen) atoms. The van der Waals surface area contributed by atoms with Crippen LogP contribution in [0.3, 0.4) is 0 Å². The lowest BCUT2D eigenvalue weighted by Gasteiger charge is -1.98. The normalized spacial score (nSPS) is 9.94. The second-order valence-electron chi connectivity index (χ2n) is 3.82. The Morgan fingerprint density at radius 2 is 2.17 bits per heavy atom. The monoisotopic (exact) mass is 255 g/mol. The fourth-order valence-corrected chi connectivity index (χ4v) is 1.71. The molecule has 5 heteroatoms. The Bertz CT molecular complexity index is 592. The summed E-state index contributed by atoms with van der Waals surface area (Å²) in [5.74, 6) is 0.835. The molecule has 0 saturated heterocycles. The molecule has 2 aromatic rings. The molecule has 1 radical (unpaired) electrons. The first kappa shape index (κ1) is 12.3. The van der Waals surface area contributed by atoms with Gasteiger partial charge in [0.15, 0.2) is 0 Å². The Labute approximate surface area is 110 Å². The quantitative estimate of drug-likeness (QED) is 0.815. The lowest BCUT2D eigenvalue weighted by atomic mass is 10.1. The van der Waals surface area contributed by atoms with Crippen molar-refractivity contribution in [3.05, 3.63) is 59.5 Å². The minimum atomic E-state index is 0.323. The minimum Gasteiger partial charge on any atom is -0.393 e. The molecule has 4 nitrogen and oxygen atoms in total. The van der Waals surface area contributed by atoms with Gasteiger partial charge in [0, 0.05) is 18.3 Å². The van der Waals surface area contributed by atoms with Crippen LogP contribution in [0.2, 0.25) is 0 Å². The number of hydrogen-bond donors (Lipinski definition) is 2. The molecule has 2 rings (SSSR count). The first-order valence-corrected chi connectivity index (χ1v) is 5.75. The number of benzene rings is 1. The average Bonchev–Trinajstić information content (AvgIpc) is 2.76. The summed E-state index contributed by atoms with van der Waals surface area (Å²) in [7, 11) is 0. The van der Waals surface area contributed by atoms with Crippen LogP contribution in [-0.4, -0.2) is 15.0 Å². The van der Waals surface area contributed by atoms with Gasteiger partial charge in [-0.1, -0.05) is 24.4 Å². The molecule has 1 heterocycles. The molecule has 0 spiro atoms. The third-order valence-corrected chi connectivity index (χ3v) is 2.52. The van der Waals surface area contributed by atoms with Gasteiger partial charge in [-0.05, 0) is 17.7 Å². The fraction of sp³-hybridized carbons (Fsp3) is 0.0769. The van der Waals surface area contributed by atoms with Crippen molar-refractivity contribution in [1.29, 1.82) is 5.26 Å². The van der Waals surface area contributed by atoms with Crippen molar-refractivity contribution in [3.8, 4) is 6.07 Å². The number of H-pyrrole nitrogens is 1.